The molecule has 0 aliphatic carbocycles. The van der Waals surface area contributed by atoms with Crippen molar-refractivity contribution in [3.8, 4) is 0 Å². The van der Waals surface area contributed by atoms with Gasteiger partial charge in [-0.1, -0.05) is 13.3 Å². The van der Waals surface area contributed by atoms with E-state index in [1.54, 1.807) is 0 Å². The number of carbonyl (C=O) groups excluding carboxylic acids is 1. The van der Waals surface area contributed by atoms with Gasteiger partial charge in [0.1, 0.15) is 13.0 Å². The van der Waals surface area contributed by atoms with E-state index in [4.69, 9.17) is 14.6 Å². The van der Waals surface area contributed by atoms with Gasteiger partial charge in [-0.2, -0.15) is 0 Å². The minimum Gasteiger partial charge on any atom is -0.481 e. The lowest BCUT2D eigenvalue weighted by atomic mass is 10.4. The van der Waals surface area contributed by atoms with Crippen LogP contribution in [0.5, 0.6) is 0 Å². The molecule has 0 aliphatic rings. The summed E-state index contributed by atoms with van der Waals surface area (Å²) in [4.78, 5) is 20.9. The van der Waals surface area contributed by atoms with Crippen molar-refractivity contribution >= 4 is 11.9 Å². The molecule has 1 N–H and O–H groups in total. The van der Waals surface area contributed by atoms with Crippen molar-refractivity contribution in [2.45, 2.75) is 26.2 Å². The van der Waals surface area contributed by atoms with Gasteiger partial charge in [0, 0.05) is 6.61 Å². The van der Waals surface area contributed by atoms with Gasteiger partial charge >= 0.3 is 11.9 Å². The third kappa shape index (κ3) is 12.8. The summed E-state index contributed by atoms with van der Waals surface area (Å²) in [5.74, 6) is -1.94. The molecular weight excluding hydrogens is 228 g/mol. The van der Waals surface area contributed by atoms with Crippen molar-refractivity contribution in [3.63, 3.8) is 0 Å². The summed E-state index contributed by atoms with van der Waals surface area (Å²) < 4.78 is 15.0. The second kappa shape index (κ2) is 11.3. The molecule has 0 aromatic heterocycles. The lowest BCUT2D eigenvalue weighted by Crippen LogP contribution is -2.15. The predicted octanol–water partition coefficient (Wildman–Crippen LogP) is 0.838. The largest absolute Gasteiger partial charge is 0.481 e. The molecule has 100 valence electrons. The van der Waals surface area contributed by atoms with E-state index in [2.05, 4.69) is 11.7 Å². The minimum atomic E-state index is -1.19. The van der Waals surface area contributed by atoms with Gasteiger partial charge in [-0.15, -0.1) is 0 Å². The van der Waals surface area contributed by atoms with Crippen LogP contribution >= 0.6 is 0 Å². The summed E-state index contributed by atoms with van der Waals surface area (Å²) >= 11 is 0. The Bertz CT molecular complexity index is 216. The molecule has 17 heavy (non-hydrogen) atoms. The van der Waals surface area contributed by atoms with E-state index in [1.165, 1.54) is 0 Å². The number of unbranched alkanes of at least 4 members (excludes halogenated alkanes) is 1. The topological polar surface area (TPSA) is 82.1 Å². The van der Waals surface area contributed by atoms with Crippen LogP contribution in [0.1, 0.15) is 26.2 Å². The Morgan fingerprint density at radius 1 is 1.00 bits per heavy atom. The fraction of sp³-hybridized carbons (Fsp3) is 0.818. The van der Waals surface area contributed by atoms with E-state index in [0.717, 1.165) is 19.4 Å². The molecule has 0 bridgehead atoms. The average molecular weight is 248 g/mol. The number of ether oxygens (including phenoxy) is 3. The summed E-state index contributed by atoms with van der Waals surface area (Å²) in [7, 11) is 0. The molecule has 0 spiro atoms. The molecule has 0 saturated carbocycles. The van der Waals surface area contributed by atoms with Crippen LogP contribution in [0.4, 0.5) is 0 Å². The lowest BCUT2D eigenvalue weighted by Gasteiger charge is -2.06. The molecule has 0 atom stereocenters. The van der Waals surface area contributed by atoms with Crippen LogP contribution in [0.2, 0.25) is 0 Å². The zero-order valence-electron chi connectivity index (χ0n) is 10.1. The van der Waals surface area contributed by atoms with Crippen LogP contribution in [-0.4, -0.2) is 50.1 Å². The van der Waals surface area contributed by atoms with E-state index in [-0.39, 0.29) is 13.2 Å². The van der Waals surface area contributed by atoms with Crippen LogP contribution in [0.25, 0.3) is 0 Å². The summed E-state index contributed by atoms with van der Waals surface area (Å²) in [5, 5.41) is 8.28. The molecular formula is C11H20O6. The standard InChI is InChI=1S/C11H20O6/c1-2-3-4-15-5-6-16-7-8-17-11(14)9-10(12)13/h2-9H2,1H3,(H,12,13). The number of carbonyl (C=O) groups is 2. The molecule has 0 aromatic carbocycles. The van der Waals surface area contributed by atoms with E-state index >= 15 is 0 Å². The molecule has 0 aliphatic heterocycles. The lowest BCUT2D eigenvalue weighted by molar-refractivity contribution is -0.152. The number of hydrogen-bond donors (Lipinski definition) is 1. The zero-order chi connectivity index (χ0) is 12.9. The highest BCUT2D eigenvalue weighted by atomic mass is 16.6. The van der Waals surface area contributed by atoms with Gasteiger partial charge in [-0.25, -0.2) is 0 Å². The first-order valence-corrected chi connectivity index (χ1v) is 5.69. The Morgan fingerprint density at radius 3 is 2.18 bits per heavy atom. The van der Waals surface area contributed by atoms with Gasteiger partial charge in [-0.3, -0.25) is 9.59 Å². The van der Waals surface area contributed by atoms with E-state index < -0.39 is 18.4 Å². The van der Waals surface area contributed by atoms with E-state index in [0.29, 0.717) is 13.2 Å². The van der Waals surface area contributed by atoms with Crippen molar-refractivity contribution in [3.05, 3.63) is 0 Å². The van der Waals surface area contributed by atoms with Crippen LogP contribution in [0, 0.1) is 0 Å². The second-order valence-electron chi connectivity index (χ2n) is 3.37. The number of aliphatic carboxylic acids is 1. The first kappa shape index (κ1) is 15.9. The molecule has 0 fully saturated rings. The molecule has 0 unspecified atom stereocenters. The van der Waals surface area contributed by atoms with Crippen molar-refractivity contribution < 1.29 is 28.9 Å². The molecule has 6 heteroatoms. The first-order valence-electron chi connectivity index (χ1n) is 5.69. The Labute approximate surface area is 101 Å². The Balaban J connectivity index is 3.13. The smallest absolute Gasteiger partial charge is 0.317 e. The maximum Gasteiger partial charge on any atom is 0.317 e. The fourth-order valence-electron chi connectivity index (χ4n) is 0.957. The summed E-state index contributed by atoms with van der Waals surface area (Å²) in [6.45, 7) is 4.10. The van der Waals surface area contributed by atoms with Crippen molar-refractivity contribution in [1.82, 2.24) is 0 Å². The highest BCUT2D eigenvalue weighted by Gasteiger charge is 2.07. The molecule has 0 saturated heterocycles. The third-order valence-electron chi connectivity index (χ3n) is 1.80. The van der Waals surface area contributed by atoms with Gasteiger partial charge in [0.25, 0.3) is 0 Å². The van der Waals surface area contributed by atoms with E-state index in [9.17, 15) is 9.59 Å². The number of esters is 1. The minimum absolute atomic E-state index is 0.0705. The number of carboxylic acid groups (broad SMARTS) is 1. The number of carboxylic acids is 1. The second-order valence-corrected chi connectivity index (χ2v) is 3.37. The SMILES string of the molecule is CCCCOCCOCCOC(=O)CC(=O)O. The van der Waals surface area contributed by atoms with Gasteiger partial charge in [-0.05, 0) is 6.42 Å². The molecule has 0 rings (SSSR count). The summed E-state index contributed by atoms with van der Waals surface area (Å²) in [6, 6.07) is 0. The third-order valence-corrected chi connectivity index (χ3v) is 1.80. The molecule has 6 nitrogen and oxygen atoms in total. The van der Waals surface area contributed by atoms with Crippen molar-refractivity contribution in [1.29, 1.82) is 0 Å². The fourth-order valence-corrected chi connectivity index (χ4v) is 0.957. The van der Waals surface area contributed by atoms with Crippen molar-refractivity contribution in [2.75, 3.05) is 33.0 Å². The van der Waals surface area contributed by atoms with Crippen LogP contribution in [-0.2, 0) is 23.8 Å². The van der Waals surface area contributed by atoms with E-state index in [1.807, 2.05) is 0 Å². The van der Waals surface area contributed by atoms with Gasteiger partial charge in [0.15, 0.2) is 0 Å². The maximum absolute atomic E-state index is 10.8. The monoisotopic (exact) mass is 248 g/mol. The molecule has 0 amide bonds. The normalized spacial score (nSPS) is 10.2. The highest BCUT2D eigenvalue weighted by Crippen LogP contribution is 1.89. The van der Waals surface area contributed by atoms with Crippen LogP contribution in [0.15, 0.2) is 0 Å². The van der Waals surface area contributed by atoms with Gasteiger partial charge in [0.05, 0.1) is 19.8 Å². The highest BCUT2D eigenvalue weighted by molar-refractivity contribution is 5.90. The quantitative estimate of drug-likeness (QED) is 0.331. The predicted molar refractivity (Wildman–Crippen MR) is 59.8 cm³/mol. The number of hydrogen-bond acceptors (Lipinski definition) is 5. The summed E-state index contributed by atoms with van der Waals surface area (Å²) in [5.41, 5.74) is 0. The molecule has 0 aromatic rings. The Hall–Kier alpha value is -1.14. The van der Waals surface area contributed by atoms with Crippen molar-refractivity contribution in [2.24, 2.45) is 0 Å². The zero-order valence-corrected chi connectivity index (χ0v) is 10.1. The van der Waals surface area contributed by atoms with Crippen LogP contribution in [0.3, 0.4) is 0 Å². The number of rotatable bonds is 11. The maximum atomic E-state index is 10.8. The molecule has 0 heterocycles. The summed E-state index contributed by atoms with van der Waals surface area (Å²) in [6.07, 6.45) is 1.52. The molecule has 0 radical (unpaired) electrons. The average Bonchev–Trinajstić information content (AvgIpc) is 2.26. The Kier molecular flexibility index (Phi) is 10.6. The first-order chi connectivity index (χ1) is 8.16. The Morgan fingerprint density at radius 2 is 1.59 bits per heavy atom. The van der Waals surface area contributed by atoms with Gasteiger partial charge < -0.3 is 19.3 Å². The van der Waals surface area contributed by atoms with Crippen LogP contribution < -0.4 is 0 Å². The van der Waals surface area contributed by atoms with Gasteiger partial charge in [0.2, 0.25) is 0 Å².